The molecule has 2 N–H and O–H groups in total. The van der Waals surface area contributed by atoms with E-state index in [9.17, 15) is 8.78 Å². The van der Waals surface area contributed by atoms with Crippen LogP contribution in [0.3, 0.4) is 0 Å². The summed E-state index contributed by atoms with van der Waals surface area (Å²) in [6, 6.07) is 5.48. The van der Waals surface area contributed by atoms with Crippen LogP contribution in [-0.2, 0) is 0 Å². The Morgan fingerprint density at radius 2 is 2.00 bits per heavy atom. The molecule has 0 atom stereocenters. The second kappa shape index (κ2) is 3.61. The Kier molecular flexibility index (Phi) is 2.29. The van der Waals surface area contributed by atoms with Gasteiger partial charge in [0.1, 0.15) is 11.5 Å². The lowest BCUT2D eigenvalue weighted by Gasteiger charge is -2.02. The average molecular weight is 207 g/mol. The zero-order chi connectivity index (χ0) is 10.8. The minimum absolute atomic E-state index is 0.00185. The van der Waals surface area contributed by atoms with Crippen LogP contribution in [-0.4, -0.2) is 9.97 Å². The Balaban J connectivity index is 2.58. The van der Waals surface area contributed by atoms with E-state index in [4.69, 9.17) is 5.73 Å². The number of nitrogens with two attached hydrogens (primary N) is 1. The monoisotopic (exact) mass is 207 g/mol. The summed E-state index contributed by atoms with van der Waals surface area (Å²) >= 11 is 0. The Hall–Kier alpha value is -2.04. The predicted octanol–water partition coefficient (Wildman–Crippen LogP) is 2.00. The highest BCUT2D eigenvalue weighted by Gasteiger charge is 2.08. The van der Waals surface area contributed by atoms with Gasteiger partial charge >= 0.3 is 0 Å². The van der Waals surface area contributed by atoms with Crippen LogP contribution in [0.5, 0.6) is 0 Å². The first-order chi connectivity index (χ1) is 7.16. The molecule has 3 nitrogen and oxygen atoms in total. The number of nitrogens with zero attached hydrogens (tertiary/aromatic N) is 2. The molecular formula is C10H7F2N3. The predicted molar refractivity (Wildman–Crippen MR) is 51.8 cm³/mol. The van der Waals surface area contributed by atoms with Gasteiger partial charge in [0.15, 0.2) is 5.82 Å². The van der Waals surface area contributed by atoms with Crippen molar-refractivity contribution in [3.63, 3.8) is 0 Å². The average Bonchev–Trinajstić information content (AvgIpc) is 2.22. The van der Waals surface area contributed by atoms with Crippen LogP contribution in [0.15, 0.2) is 30.5 Å². The van der Waals surface area contributed by atoms with E-state index in [1.54, 1.807) is 6.07 Å². The van der Waals surface area contributed by atoms with Gasteiger partial charge in [0.25, 0.3) is 0 Å². The number of hydrogen-bond acceptors (Lipinski definition) is 3. The fraction of sp³-hybridized carbons (Fsp3) is 0. The van der Waals surface area contributed by atoms with Crippen LogP contribution in [0, 0.1) is 11.6 Å². The minimum atomic E-state index is -0.630. The Bertz CT molecular complexity index is 500. The molecule has 15 heavy (non-hydrogen) atoms. The largest absolute Gasteiger partial charge is 0.368 e. The van der Waals surface area contributed by atoms with Crippen molar-refractivity contribution in [1.82, 2.24) is 9.97 Å². The van der Waals surface area contributed by atoms with Crippen molar-refractivity contribution >= 4 is 5.95 Å². The first-order valence-electron chi connectivity index (χ1n) is 4.21. The molecule has 0 saturated carbocycles. The molecule has 0 unspecified atom stereocenters. The van der Waals surface area contributed by atoms with Crippen LogP contribution < -0.4 is 5.73 Å². The van der Waals surface area contributed by atoms with E-state index in [1.807, 2.05) is 0 Å². The summed E-state index contributed by atoms with van der Waals surface area (Å²) in [4.78, 5) is 7.19. The van der Waals surface area contributed by atoms with Crippen LogP contribution >= 0.6 is 0 Å². The van der Waals surface area contributed by atoms with Crippen molar-refractivity contribution in [3.8, 4) is 11.3 Å². The Morgan fingerprint density at radius 1 is 1.20 bits per heavy atom. The molecule has 1 heterocycles. The van der Waals surface area contributed by atoms with Crippen molar-refractivity contribution in [1.29, 1.82) is 0 Å². The van der Waals surface area contributed by atoms with E-state index in [2.05, 4.69) is 9.97 Å². The number of halogens is 2. The molecule has 1 aromatic carbocycles. The summed E-state index contributed by atoms with van der Waals surface area (Å²) < 4.78 is 26.2. The molecule has 1 aromatic heterocycles. The first kappa shape index (κ1) is 9.51. The molecule has 0 aliphatic rings. The number of hydrogen-bond donors (Lipinski definition) is 1. The Morgan fingerprint density at radius 3 is 2.73 bits per heavy atom. The highest BCUT2D eigenvalue weighted by atomic mass is 19.1. The maximum Gasteiger partial charge on any atom is 0.220 e. The smallest absolute Gasteiger partial charge is 0.220 e. The molecule has 0 bridgehead atoms. The molecule has 0 amide bonds. The van der Waals surface area contributed by atoms with Gasteiger partial charge < -0.3 is 5.73 Å². The highest BCUT2D eigenvalue weighted by Crippen LogP contribution is 2.20. The van der Waals surface area contributed by atoms with Crippen LogP contribution in [0.2, 0.25) is 0 Å². The van der Waals surface area contributed by atoms with Gasteiger partial charge in [-0.1, -0.05) is 12.1 Å². The van der Waals surface area contributed by atoms with E-state index >= 15 is 0 Å². The topological polar surface area (TPSA) is 51.8 Å². The fourth-order valence-electron chi connectivity index (χ4n) is 1.22. The molecule has 2 aromatic rings. The summed E-state index contributed by atoms with van der Waals surface area (Å²) in [5.41, 5.74) is 5.66. The van der Waals surface area contributed by atoms with E-state index < -0.39 is 11.6 Å². The third-order valence-corrected chi connectivity index (χ3v) is 1.86. The zero-order valence-electron chi connectivity index (χ0n) is 7.61. The maximum absolute atomic E-state index is 13.3. The lowest BCUT2D eigenvalue weighted by molar-refractivity contribution is 0.616. The standard InChI is InChI=1S/C10H7F2N3/c11-7-3-1-2-6(4-7)9-8(12)5-14-10(13)15-9/h1-5H,(H2,13,14,15). The van der Waals surface area contributed by atoms with Gasteiger partial charge in [0.2, 0.25) is 5.95 Å². The molecule has 5 heteroatoms. The summed E-state index contributed by atoms with van der Waals surface area (Å²) in [7, 11) is 0. The number of rotatable bonds is 1. The second-order valence-electron chi connectivity index (χ2n) is 2.94. The molecule has 0 saturated heterocycles. The van der Waals surface area contributed by atoms with E-state index in [0.29, 0.717) is 5.56 Å². The molecule has 0 radical (unpaired) electrons. The number of anilines is 1. The van der Waals surface area contributed by atoms with Crippen LogP contribution in [0.25, 0.3) is 11.3 Å². The fourth-order valence-corrected chi connectivity index (χ4v) is 1.22. The quantitative estimate of drug-likeness (QED) is 0.778. The number of aromatic nitrogens is 2. The van der Waals surface area contributed by atoms with Crippen LogP contribution in [0.4, 0.5) is 14.7 Å². The molecule has 0 fully saturated rings. The lowest BCUT2D eigenvalue weighted by atomic mass is 10.1. The van der Waals surface area contributed by atoms with Crippen molar-refractivity contribution < 1.29 is 8.78 Å². The van der Waals surface area contributed by atoms with E-state index in [1.165, 1.54) is 18.2 Å². The summed E-state index contributed by atoms with van der Waals surface area (Å²) in [5.74, 6) is -1.13. The third kappa shape index (κ3) is 1.90. The van der Waals surface area contributed by atoms with Crippen LogP contribution in [0.1, 0.15) is 0 Å². The molecule has 2 rings (SSSR count). The molecule has 0 aliphatic carbocycles. The minimum Gasteiger partial charge on any atom is -0.368 e. The van der Waals surface area contributed by atoms with Gasteiger partial charge in [-0.15, -0.1) is 0 Å². The molecular weight excluding hydrogens is 200 g/mol. The van der Waals surface area contributed by atoms with Crippen molar-refractivity contribution in [2.75, 3.05) is 5.73 Å². The van der Waals surface area contributed by atoms with Crippen molar-refractivity contribution in [2.45, 2.75) is 0 Å². The number of nitrogen functional groups attached to an aromatic ring is 1. The third-order valence-electron chi connectivity index (χ3n) is 1.86. The van der Waals surface area contributed by atoms with Gasteiger partial charge in [-0.05, 0) is 12.1 Å². The van der Waals surface area contributed by atoms with E-state index in [0.717, 1.165) is 6.20 Å². The van der Waals surface area contributed by atoms with Gasteiger partial charge in [0, 0.05) is 5.56 Å². The van der Waals surface area contributed by atoms with Gasteiger partial charge in [-0.2, -0.15) is 0 Å². The second-order valence-corrected chi connectivity index (χ2v) is 2.94. The first-order valence-corrected chi connectivity index (χ1v) is 4.21. The molecule has 0 spiro atoms. The lowest BCUT2D eigenvalue weighted by Crippen LogP contribution is -1.98. The number of benzene rings is 1. The highest BCUT2D eigenvalue weighted by molar-refractivity contribution is 5.60. The SMILES string of the molecule is Nc1ncc(F)c(-c2cccc(F)c2)n1. The maximum atomic E-state index is 13.3. The van der Waals surface area contributed by atoms with Gasteiger partial charge in [-0.3, -0.25) is 0 Å². The van der Waals surface area contributed by atoms with Gasteiger partial charge in [-0.25, -0.2) is 18.7 Å². The normalized spacial score (nSPS) is 10.3. The van der Waals surface area contributed by atoms with Crippen molar-refractivity contribution in [3.05, 3.63) is 42.1 Å². The van der Waals surface area contributed by atoms with E-state index in [-0.39, 0.29) is 11.6 Å². The zero-order valence-corrected chi connectivity index (χ0v) is 7.61. The van der Waals surface area contributed by atoms with Gasteiger partial charge in [0.05, 0.1) is 6.20 Å². The summed E-state index contributed by atoms with van der Waals surface area (Å²) in [5, 5.41) is 0. The van der Waals surface area contributed by atoms with Crippen molar-refractivity contribution in [2.24, 2.45) is 0 Å². The summed E-state index contributed by atoms with van der Waals surface area (Å²) in [6.07, 6.45) is 0.961. The summed E-state index contributed by atoms with van der Waals surface area (Å²) in [6.45, 7) is 0. The molecule has 76 valence electrons. The molecule has 0 aliphatic heterocycles. The Labute approximate surface area is 84.6 Å².